The van der Waals surface area contributed by atoms with E-state index in [-0.39, 0.29) is 25.2 Å². The number of anilines is 2. The normalized spacial score (nSPS) is 10.4. The highest BCUT2D eigenvalue weighted by molar-refractivity contribution is 9.10. The smallest absolute Gasteiger partial charge is 0.306 e. The van der Waals surface area contributed by atoms with Gasteiger partial charge in [0.25, 0.3) is 5.91 Å². The van der Waals surface area contributed by atoms with Crippen LogP contribution in [0.25, 0.3) is 0 Å². The molecule has 0 unspecified atom stereocenters. The SMILES string of the molecule is COc1ccccc1Oc1ccc(NC(=O)CCCC(=O)OCC(=O)Nc2cc(Cl)c(Br)cc2C)cc1. The number of ether oxygens (including phenoxy) is 3. The Bertz CT molecular complexity index is 1270. The lowest BCUT2D eigenvalue weighted by Crippen LogP contribution is -2.21. The Hall–Kier alpha value is -3.56. The van der Waals surface area contributed by atoms with Gasteiger partial charge in [0.05, 0.1) is 12.1 Å². The summed E-state index contributed by atoms with van der Waals surface area (Å²) >= 11 is 9.37. The highest BCUT2D eigenvalue weighted by Gasteiger charge is 2.12. The first-order valence-corrected chi connectivity index (χ1v) is 12.5. The average Bonchev–Trinajstić information content (AvgIpc) is 2.87. The Kier molecular flexibility index (Phi) is 10.3. The van der Waals surface area contributed by atoms with Crippen LogP contribution in [-0.4, -0.2) is 31.5 Å². The van der Waals surface area contributed by atoms with Gasteiger partial charge in [-0.1, -0.05) is 23.7 Å². The van der Waals surface area contributed by atoms with Crippen molar-refractivity contribution in [1.29, 1.82) is 0 Å². The zero-order valence-electron chi connectivity index (χ0n) is 20.3. The molecule has 8 nitrogen and oxygen atoms in total. The molecular formula is C27H26BrClN2O6. The maximum Gasteiger partial charge on any atom is 0.306 e. The van der Waals surface area contributed by atoms with E-state index in [9.17, 15) is 14.4 Å². The molecule has 10 heteroatoms. The minimum atomic E-state index is -0.564. The second-order valence-electron chi connectivity index (χ2n) is 7.97. The molecule has 194 valence electrons. The molecule has 0 spiro atoms. The summed E-state index contributed by atoms with van der Waals surface area (Å²) in [6.07, 6.45) is 0.412. The number of aryl methyl sites for hydroxylation is 1. The summed E-state index contributed by atoms with van der Waals surface area (Å²) in [6.45, 7) is 1.39. The number of halogens is 2. The largest absolute Gasteiger partial charge is 0.493 e. The third-order valence-electron chi connectivity index (χ3n) is 5.13. The first-order chi connectivity index (χ1) is 17.7. The van der Waals surface area contributed by atoms with E-state index in [1.807, 2.05) is 19.1 Å². The van der Waals surface area contributed by atoms with E-state index < -0.39 is 18.5 Å². The lowest BCUT2D eigenvalue weighted by Gasteiger charge is -2.11. The molecule has 0 atom stereocenters. The van der Waals surface area contributed by atoms with Crippen LogP contribution >= 0.6 is 27.5 Å². The molecule has 0 saturated heterocycles. The van der Waals surface area contributed by atoms with E-state index in [0.29, 0.717) is 33.6 Å². The Morgan fingerprint density at radius 2 is 1.62 bits per heavy atom. The number of methoxy groups -OCH3 is 1. The number of amides is 2. The molecule has 3 rings (SSSR count). The molecule has 0 heterocycles. The highest BCUT2D eigenvalue weighted by atomic mass is 79.9. The van der Waals surface area contributed by atoms with Crippen molar-refractivity contribution in [3.05, 3.63) is 75.7 Å². The summed E-state index contributed by atoms with van der Waals surface area (Å²) in [5.41, 5.74) is 1.94. The molecule has 37 heavy (non-hydrogen) atoms. The molecule has 0 bridgehead atoms. The first-order valence-electron chi connectivity index (χ1n) is 11.4. The van der Waals surface area contributed by atoms with Gasteiger partial charge in [0.2, 0.25) is 5.91 Å². The molecule has 0 fully saturated rings. The molecule has 2 amide bonds. The van der Waals surface area contributed by atoms with Crippen LogP contribution in [0.5, 0.6) is 17.2 Å². The summed E-state index contributed by atoms with van der Waals surface area (Å²) in [6, 6.07) is 17.6. The summed E-state index contributed by atoms with van der Waals surface area (Å²) in [5.74, 6) is 0.499. The maximum absolute atomic E-state index is 12.2. The molecule has 0 aromatic heterocycles. The lowest BCUT2D eigenvalue weighted by atomic mass is 10.2. The van der Waals surface area contributed by atoms with Crippen LogP contribution in [-0.2, 0) is 19.1 Å². The lowest BCUT2D eigenvalue weighted by molar-refractivity contribution is -0.147. The number of carbonyl (C=O) groups is 3. The maximum atomic E-state index is 12.2. The van der Waals surface area contributed by atoms with Crippen LogP contribution in [0.4, 0.5) is 11.4 Å². The first kappa shape index (κ1) is 28.0. The predicted octanol–water partition coefficient (Wildman–Crippen LogP) is 6.50. The van der Waals surface area contributed by atoms with E-state index in [0.717, 1.165) is 10.0 Å². The van der Waals surface area contributed by atoms with Gasteiger partial charge in [0.1, 0.15) is 5.75 Å². The number of nitrogens with one attached hydrogen (secondary N) is 2. The molecule has 3 aromatic carbocycles. The van der Waals surface area contributed by atoms with Gasteiger partial charge in [-0.05, 0) is 83.4 Å². The van der Waals surface area contributed by atoms with Gasteiger partial charge in [-0.3, -0.25) is 14.4 Å². The van der Waals surface area contributed by atoms with Crippen LogP contribution in [0.15, 0.2) is 65.1 Å². The summed E-state index contributed by atoms with van der Waals surface area (Å²) in [7, 11) is 1.57. The van der Waals surface area contributed by atoms with Crippen LogP contribution in [0.1, 0.15) is 24.8 Å². The van der Waals surface area contributed by atoms with Crippen molar-refractivity contribution in [2.45, 2.75) is 26.2 Å². The van der Waals surface area contributed by atoms with Crippen LogP contribution in [0.2, 0.25) is 5.02 Å². The number of rotatable bonds is 11. The fourth-order valence-corrected chi connectivity index (χ4v) is 3.86. The molecule has 2 N–H and O–H groups in total. The van der Waals surface area contributed by atoms with Crippen molar-refractivity contribution in [2.75, 3.05) is 24.4 Å². The van der Waals surface area contributed by atoms with Crippen LogP contribution < -0.4 is 20.1 Å². The van der Waals surface area contributed by atoms with Crippen molar-refractivity contribution in [3.8, 4) is 17.2 Å². The number of para-hydroxylation sites is 2. The van der Waals surface area contributed by atoms with Crippen molar-refractivity contribution >= 4 is 56.7 Å². The Labute approximate surface area is 228 Å². The van der Waals surface area contributed by atoms with E-state index in [4.69, 9.17) is 25.8 Å². The molecule has 3 aromatic rings. The zero-order valence-corrected chi connectivity index (χ0v) is 22.6. The van der Waals surface area contributed by atoms with Crippen LogP contribution in [0, 0.1) is 6.92 Å². The van der Waals surface area contributed by atoms with Gasteiger partial charge < -0.3 is 24.8 Å². The van der Waals surface area contributed by atoms with Crippen molar-refractivity contribution in [3.63, 3.8) is 0 Å². The van der Waals surface area contributed by atoms with E-state index in [1.54, 1.807) is 55.6 Å². The Morgan fingerprint density at radius 3 is 2.32 bits per heavy atom. The van der Waals surface area contributed by atoms with Gasteiger partial charge in [-0.2, -0.15) is 0 Å². The number of benzene rings is 3. The van der Waals surface area contributed by atoms with Gasteiger partial charge in [-0.15, -0.1) is 0 Å². The second kappa shape index (κ2) is 13.7. The third-order valence-corrected chi connectivity index (χ3v) is 6.32. The van der Waals surface area contributed by atoms with Gasteiger partial charge in [0, 0.05) is 28.7 Å². The number of carbonyl (C=O) groups excluding carboxylic acids is 3. The quantitative estimate of drug-likeness (QED) is 0.248. The summed E-state index contributed by atoms with van der Waals surface area (Å²) in [5, 5.41) is 5.88. The second-order valence-corrected chi connectivity index (χ2v) is 9.23. The highest BCUT2D eigenvalue weighted by Crippen LogP contribution is 2.31. The zero-order chi connectivity index (χ0) is 26.8. The average molecular weight is 590 g/mol. The standard InChI is InChI=1S/C27H26BrClN2O6/c1-17-14-20(28)21(29)15-22(17)31-26(33)16-36-27(34)9-5-8-25(32)30-18-10-12-19(13-11-18)37-24-7-4-3-6-23(24)35-2/h3-4,6-7,10-15H,5,8-9,16H2,1-2H3,(H,30,32)(H,31,33). The van der Waals surface area contributed by atoms with Gasteiger partial charge in [-0.25, -0.2) is 0 Å². The summed E-state index contributed by atoms with van der Waals surface area (Å²) < 4.78 is 16.8. The van der Waals surface area contributed by atoms with Gasteiger partial charge in [0.15, 0.2) is 18.1 Å². The topological polar surface area (TPSA) is 103 Å². The molecule has 0 aliphatic rings. The number of hydrogen-bond donors (Lipinski definition) is 2. The number of hydrogen-bond acceptors (Lipinski definition) is 6. The van der Waals surface area contributed by atoms with E-state index in [1.165, 1.54) is 0 Å². The minimum absolute atomic E-state index is 0.00945. The molecule has 0 aliphatic carbocycles. The molecule has 0 saturated carbocycles. The van der Waals surface area contributed by atoms with Crippen molar-refractivity contribution in [1.82, 2.24) is 0 Å². The monoisotopic (exact) mass is 588 g/mol. The van der Waals surface area contributed by atoms with E-state index in [2.05, 4.69) is 26.6 Å². The van der Waals surface area contributed by atoms with Crippen molar-refractivity contribution in [2.24, 2.45) is 0 Å². The Balaban J connectivity index is 1.36. The third kappa shape index (κ3) is 8.80. The van der Waals surface area contributed by atoms with Gasteiger partial charge >= 0.3 is 5.97 Å². The van der Waals surface area contributed by atoms with Crippen LogP contribution in [0.3, 0.4) is 0 Å². The molecule has 0 aliphatic heterocycles. The molecule has 0 radical (unpaired) electrons. The predicted molar refractivity (Wildman–Crippen MR) is 145 cm³/mol. The Morgan fingerprint density at radius 1 is 0.919 bits per heavy atom. The fraction of sp³-hybridized carbons (Fsp3) is 0.222. The number of esters is 1. The fourth-order valence-electron chi connectivity index (χ4n) is 3.24. The molecular weight excluding hydrogens is 564 g/mol. The van der Waals surface area contributed by atoms with E-state index >= 15 is 0 Å². The van der Waals surface area contributed by atoms with Crippen molar-refractivity contribution < 1.29 is 28.6 Å². The summed E-state index contributed by atoms with van der Waals surface area (Å²) in [4.78, 5) is 36.3. The minimum Gasteiger partial charge on any atom is -0.493 e.